The van der Waals surface area contributed by atoms with Crippen molar-refractivity contribution in [2.75, 3.05) is 0 Å². The molecule has 2 aromatic rings. The zero-order valence-electron chi connectivity index (χ0n) is 11.0. The molecule has 0 aliphatic rings. The second kappa shape index (κ2) is 6.10. The van der Waals surface area contributed by atoms with Crippen LogP contribution in [0, 0.1) is 13.8 Å². The Morgan fingerprint density at radius 2 is 1.89 bits per heavy atom. The fourth-order valence-electron chi connectivity index (χ4n) is 1.85. The number of rotatable bonds is 4. The highest BCUT2D eigenvalue weighted by molar-refractivity contribution is 6.31. The van der Waals surface area contributed by atoms with E-state index >= 15 is 0 Å². The zero-order chi connectivity index (χ0) is 13.8. The van der Waals surface area contributed by atoms with E-state index in [2.05, 4.69) is 15.4 Å². The van der Waals surface area contributed by atoms with Gasteiger partial charge >= 0.3 is 0 Å². The van der Waals surface area contributed by atoms with Gasteiger partial charge < -0.3 is 0 Å². The van der Waals surface area contributed by atoms with Crippen molar-refractivity contribution in [1.82, 2.24) is 15.4 Å². The summed E-state index contributed by atoms with van der Waals surface area (Å²) in [4.78, 5) is 8.59. The molecule has 1 unspecified atom stereocenters. The van der Waals surface area contributed by atoms with Crippen molar-refractivity contribution in [2.24, 2.45) is 5.84 Å². The van der Waals surface area contributed by atoms with E-state index in [1.165, 1.54) is 0 Å². The molecule has 0 saturated carbocycles. The first-order chi connectivity index (χ1) is 9.10. The summed E-state index contributed by atoms with van der Waals surface area (Å²) in [7, 11) is 0. The Bertz CT molecular complexity index is 554. The van der Waals surface area contributed by atoms with Gasteiger partial charge in [0.1, 0.15) is 5.82 Å². The number of hydrogen-bond acceptors (Lipinski definition) is 4. The van der Waals surface area contributed by atoms with E-state index in [1.54, 1.807) is 12.4 Å². The summed E-state index contributed by atoms with van der Waals surface area (Å²) in [5.41, 5.74) is 5.93. The van der Waals surface area contributed by atoms with Gasteiger partial charge in [-0.05, 0) is 43.0 Å². The maximum atomic E-state index is 6.23. The SMILES string of the molecule is Cc1cnc(C(Cc2ccc(C)cc2Cl)NN)nc1. The van der Waals surface area contributed by atoms with Crippen LogP contribution >= 0.6 is 11.6 Å². The minimum atomic E-state index is -0.152. The van der Waals surface area contributed by atoms with Gasteiger partial charge in [0, 0.05) is 17.4 Å². The lowest BCUT2D eigenvalue weighted by molar-refractivity contribution is 0.522. The number of nitrogens with two attached hydrogens (primary N) is 1. The molecule has 2 rings (SSSR count). The van der Waals surface area contributed by atoms with Crippen molar-refractivity contribution in [3.8, 4) is 0 Å². The number of aromatic nitrogens is 2. The highest BCUT2D eigenvalue weighted by atomic mass is 35.5. The molecular formula is C14H17ClN4. The van der Waals surface area contributed by atoms with Crippen LogP contribution in [0.5, 0.6) is 0 Å². The average Bonchev–Trinajstić information content (AvgIpc) is 2.39. The van der Waals surface area contributed by atoms with E-state index in [1.807, 2.05) is 32.0 Å². The van der Waals surface area contributed by atoms with Crippen LogP contribution < -0.4 is 11.3 Å². The molecule has 1 aromatic heterocycles. The summed E-state index contributed by atoms with van der Waals surface area (Å²) in [6.45, 7) is 3.96. The molecule has 0 aliphatic heterocycles. The third-order valence-corrected chi connectivity index (χ3v) is 3.30. The predicted molar refractivity (Wildman–Crippen MR) is 76.7 cm³/mol. The molecule has 5 heteroatoms. The van der Waals surface area contributed by atoms with Crippen molar-refractivity contribution in [1.29, 1.82) is 0 Å². The molecule has 0 spiro atoms. The Balaban J connectivity index is 2.21. The molecule has 0 amide bonds. The standard InChI is InChI=1S/C14H17ClN4/c1-9-3-4-11(12(15)5-9)6-13(19-16)14-17-7-10(2)8-18-14/h3-5,7-8,13,19H,6,16H2,1-2H3. The van der Waals surface area contributed by atoms with Crippen molar-refractivity contribution in [2.45, 2.75) is 26.3 Å². The maximum Gasteiger partial charge on any atom is 0.146 e. The smallest absolute Gasteiger partial charge is 0.146 e. The number of halogens is 1. The molecule has 1 atom stereocenters. The van der Waals surface area contributed by atoms with Gasteiger partial charge in [-0.25, -0.2) is 15.4 Å². The third-order valence-electron chi connectivity index (χ3n) is 2.95. The highest BCUT2D eigenvalue weighted by Crippen LogP contribution is 2.22. The monoisotopic (exact) mass is 276 g/mol. The van der Waals surface area contributed by atoms with Gasteiger partial charge in [-0.2, -0.15) is 0 Å². The summed E-state index contributed by atoms with van der Waals surface area (Å²) in [5.74, 6) is 6.27. The van der Waals surface area contributed by atoms with Crippen molar-refractivity contribution < 1.29 is 0 Å². The van der Waals surface area contributed by atoms with Crippen LogP contribution in [-0.2, 0) is 6.42 Å². The van der Waals surface area contributed by atoms with Crippen molar-refractivity contribution in [3.63, 3.8) is 0 Å². The fourth-order valence-corrected chi connectivity index (χ4v) is 2.16. The molecule has 0 aliphatic carbocycles. The quantitative estimate of drug-likeness (QED) is 0.665. The van der Waals surface area contributed by atoms with Crippen molar-refractivity contribution in [3.05, 3.63) is 58.1 Å². The Hall–Kier alpha value is -1.49. The van der Waals surface area contributed by atoms with Gasteiger partial charge in [-0.3, -0.25) is 5.84 Å². The van der Waals surface area contributed by atoms with E-state index in [9.17, 15) is 0 Å². The molecule has 0 saturated heterocycles. The predicted octanol–water partition coefficient (Wildman–Crippen LogP) is 2.49. The molecule has 3 N–H and O–H groups in total. The van der Waals surface area contributed by atoms with Crippen LogP contribution in [0.25, 0.3) is 0 Å². The summed E-state index contributed by atoms with van der Waals surface area (Å²) >= 11 is 6.23. The van der Waals surface area contributed by atoms with Crippen LogP contribution in [0.2, 0.25) is 5.02 Å². The van der Waals surface area contributed by atoms with Gasteiger partial charge in [-0.15, -0.1) is 0 Å². The zero-order valence-corrected chi connectivity index (χ0v) is 11.8. The van der Waals surface area contributed by atoms with Gasteiger partial charge in [-0.1, -0.05) is 23.7 Å². The molecule has 100 valence electrons. The summed E-state index contributed by atoms with van der Waals surface area (Å²) in [5, 5.41) is 0.743. The molecule has 1 aromatic carbocycles. The Labute approximate surface area is 118 Å². The molecule has 1 heterocycles. The van der Waals surface area contributed by atoms with Crippen molar-refractivity contribution >= 4 is 11.6 Å². The largest absolute Gasteiger partial charge is 0.271 e. The number of benzene rings is 1. The fraction of sp³-hybridized carbons (Fsp3) is 0.286. The lowest BCUT2D eigenvalue weighted by Crippen LogP contribution is -2.31. The molecule has 0 fully saturated rings. The summed E-state index contributed by atoms with van der Waals surface area (Å²) < 4.78 is 0. The number of aryl methyl sites for hydroxylation is 2. The Morgan fingerprint density at radius 1 is 1.21 bits per heavy atom. The van der Waals surface area contributed by atoms with Gasteiger partial charge in [0.15, 0.2) is 0 Å². The number of hydrogen-bond donors (Lipinski definition) is 2. The number of nitrogens with one attached hydrogen (secondary N) is 1. The third kappa shape index (κ3) is 3.50. The molecular weight excluding hydrogens is 260 g/mol. The lowest BCUT2D eigenvalue weighted by Gasteiger charge is -2.15. The van der Waals surface area contributed by atoms with E-state index in [4.69, 9.17) is 17.4 Å². The highest BCUT2D eigenvalue weighted by Gasteiger charge is 2.15. The van der Waals surface area contributed by atoms with Gasteiger partial charge in [0.05, 0.1) is 6.04 Å². The molecule has 0 bridgehead atoms. The van der Waals surface area contributed by atoms with Crippen LogP contribution in [0.3, 0.4) is 0 Å². The van der Waals surface area contributed by atoms with Crippen LogP contribution in [-0.4, -0.2) is 9.97 Å². The number of nitrogens with zero attached hydrogens (tertiary/aromatic N) is 2. The number of hydrazine groups is 1. The molecule has 0 radical (unpaired) electrons. The Kier molecular flexibility index (Phi) is 4.47. The van der Waals surface area contributed by atoms with Gasteiger partial charge in [0.2, 0.25) is 0 Å². The van der Waals surface area contributed by atoms with Gasteiger partial charge in [0.25, 0.3) is 0 Å². The summed E-state index contributed by atoms with van der Waals surface area (Å²) in [6, 6.07) is 5.84. The van der Waals surface area contributed by atoms with E-state index in [0.29, 0.717) is 12.2 Å². The first kappa shape index (κ1) is 13.9. The first-order valence-corrected chi connectivity index (χ1v) is 6.47. The second-order valence-corrected chi connectivity index (χ2v) is 5.04. The Morgan fingerprint density at radius 3 is 2.47 bits per heavy atom. The molecule has 4 nitrogen and oxygen atoms in total. The maximum absolute atomic E-state index is 6.23. The summed E-state index contributed by atoms with van der Waals surface area (Å²) in [6.07, 6.45) is 4.21. The van der Waals surface area contributed by atoms with Crippen LogP contribution in [0.4, 0.5) is 0 Å². The normalized spacial score (nSPS) is 12.4. The van der Waals surface area contributed by atoms with E-state index in [-0.39, 0.29) is 6.04 Å². The topological polar surface area (TPSA) is 63.8 Å². The first-order valence-electron chi connectivity index (χ1n) is 6.10. The van der Waals surface area contributed by atoms with Crippen LogP contribution in [0.15, 0.2) is 30.6 Å². The molecule has 19 heavy (non-hydrogen) atoms. The second-order valence-electron chi connectivity index (χ2n) is 4.64. The van der Waals surface area contributed by atoms with E-state index < -0.39 is 0 Å². The minimum absolute atomic E-state index is 0.152. The van der Waals surface area contributed by atoms with Crippen LogP contribution in [0.1, 0.15) is 28.6 Å². The average molecular weight is 277 g/mol. The van der Waals surface area contributed by atoms with E-state index in [0.717, 1.165) is 21.7 Å². The lowest BCUT2D eigenvalue weighted by atomic mass is 10.0. The minimum Gasteiger partial charge on any atom is -0.271 e.